The minimum absolute atomic E-state index is 0.0714. The molecule has 0 radical (unpaired) electrons. The van der Waals surface area contributed by atoms with Crippen LogP contribution in [-0.2, 0) is 4.74 Å². The van der Waals surface area contributed by atoms with Crippen LogP contribution in [0.1, 0.15) is 18.4 Å². The van der Waals surface area contributed by atoms with Crippen molar-refractivity contribution < 1.29 is 4.74 Å². The number of morpholine rings is 1. The molecule has 5 heteroatoms. The Bertz CT molecular complexity index is 702. The number of rotatable bonds is 2. The van der Waals surface area contributed by atoms with Gasteiger partial charge in [0.1, 0.15) is 5.84 Å². The summed E-state index contributed by atoms with van der Waals surface area (Å²) in [4.78, 5) is 6.76. The van der Waals surface area contributed by atoms with E-state index in [-0.39, 0.29) is 5.84 Å². The highest BCUT2D eigenvalue weighted by Crippen LogP contribution is 2.35. The van der Waals surface area contributed by atoms with Gasteiger partial charge in [0.05, 0.1) is 29.0 Å². The summed E-state index contributed by atoms with van der Waals surface area (Å²) in [5, 5.41) is 8.93. The standard InChI is InChI=1S/C16H18N4O/c17-16(18)13-7-19-14-4-2-1-3-12(14)15(13)20-8-10-5-6-11(9-20)21-10/h1-4,7,10-11H,5-6,8-9H2,(H3,17,18). The van der Waals surface area contributed by atoms with E-state index in [1.807, 2.05) is 18.2 Å². The fourth-order valence-electron chi connectivity index (χ4n) is 3.46. The van der Waals surface area contributed by atoms with Gasteiger partial charge >= 0.3 is 0 Å². The second-order valence-electron chi connectivity index (χ2n) is 5.81. The molecule has 0 amide bonds. The van der Waals surface area contributed by atoms with E-state index in [2.05, 4.69) is 16.0 Å². The number of nitrogens with zero attached hydrogens (tertiary/aromatic N) is 2. The van der Waals surface area contributed by atoms with Crippen molar-refractivity contribution in [3.05, 3.63) is 36.0 Å². The first-order valence-electron chi connectivity index (χ1n) is 7.35. The van der Waals surface area contributed by atoms with Crippen molar-refractivity contribution >= 4 is 22.4 Å². The number of ether oxygens (including phenoxy) is 1. The Hall–Kier alpha value is -2.14. The van der Waals surface area contributed by atoms with E-state index in [9.17, 15) is 0 Å². The van der Waals surface area contributed by atoms with Crippen molar-refractivity contribution in [2.75, 3.05) is 18.0 Å². The van der Waals surface area contributed by atoms with Crippen molar-refractivity contribution in [3.8, 4) is 0 Å². The lowest BCUT2D eigenvalue weighted by atomic mass is 10.1. The zero-order chi connectivity index (χ0) is 14.4. The first-order chi connectivity index (χ1) is 10.2. The minimum atomic E-state index is 0.0714. The Morgan fingerprint density at radius 3 is 2.67 bits per heavy atom. The summed E-state index contributed by atoms with van der Waals surface area (Å²) in [6.07, 6.45) is 4.57. The zero-order valence-corrected chi connectivity index (χ0v) is 11.7. The highest BCUT2D eigenvalue weighted by atomic mass is 16.5. The van der Waals surface area contributed by atoms with Gasteiger partial charge < -0.3 is 15.4 Å². The third-order valence-electron chi connectivity index (χ3n) is 4.40. The molecular weight excluding hydrogens is 264 g/mol. The number of fused-ring (bicyclic) bond motifs is 3. The van der Waals surface area contributed by atoms with Crippen LogP contribution in [0, 0.1) is 5.41 Å². The number of pyridine rings is 1. The molecular formula is C16H18N4O. The van der Waals surface area contributed by atoms with Crippen LogP contribution in [0.15, 0.2) is 30.5 Å². The van der Waals surface area contributed by atoms with Crippen LogP contribution in [0.4, 0.5) is 5.69 Å². The second-order valence-corrected chi connectivity index (χ2v) is 5.81. The number of anilines is 1. The number of hydrogen-bond donors (Lipinski definition) is 2. The molecule has 5 nitrogen and oxygen atoms in total. The molecule has 2 atom stereocenters. The summed E-state index contributed by atoms with van der Waals surface area (Å²) in [7, 11) is 0. The highest BCUT2D eigenvalue weighted by molar-refractivity contribution is 6.07. The molecule has 2 aromatic rings. The van der Waals surface area contributed by atoms with Gasteiger partial charge in [0.25, 0.3) is 0 Å². The van der Waals surface area contributed by atoms with Crippen molar-refractivity contribution in [1.29, 1.82) is 5.41 Å². The molecule has 4 rings (SSSR count). The average molecular weight is 282 g/mol. The number of nitrogens with one attached hydrogen (secondary N) is 1. The molecule has 3 N–H and O–H groups in total. The maximum absolute atomic E-state index is 7.87. The fourth-order valence-corrected chi connectivity index (χ4v) is 3.46. The molecule has 0 aliphatic carbocycles. The largest absolute Gasteiger partial charge is 0.384 e. The topological polar surface area (TPSA) is 75.2 Å². The van der Waals surface area contributed by atoms with E-state index in [4.69, 9.17) is 15.9 Å². The lowest BCUT2D eigenvalue weighted by Gasteiger charge is -2.35. The van der Waals surface area contributed by atoms with Gasteiger partial charge in [0.2, 0.25) is 0 Å². The molecule has 108 valence electrons. The van der Waals surface area contributed by atoms with Gasteiger partial charge in [-0.05, 0) is 18.9 Å². The molecule has 1 aromatic heterocycles. The molecule has 2 aliphatic heterocycles. The third kappa shape index (κ3) is 2.05. The van der Waals surface area contributed by atoms with Crippen molar-refractivity contribution in [1.82, 2.24) is 4.98 Å². The predicted octanol–water partition coefficient (Wildman–Crippen LogP) is 1.89. The van der Waals surface area contributed by atoms with E-state index < -0.39 is 0 Å². The Labute approximate surface area is 123 Å². The third-order valence-corrected chi connectivity index (χ3v) is 4.40. The summed E-state index contributed by atoms with van der Waals surface area (Å²) in [5.41, 5.74) is 8.48. The van der Waals surface area contributed by atoms with Gasteiger partial charge in [-0.2, -0.15) is 0 Å². The van der Waals surface area contributed by atoms with Crippen LogP contribution in [0.2, 0.25) is 0 Å². The molecule has 21 heavy (non-hydrogen) atoms. The summed E-state index contributed by atoms with van der Waals surface area (Å²) in [6, 6.07) is 8.04. The lowest BCUT2D eigenvalue weighted by molar-refractivity contribution is 0.0306. The fraction of sp³-hybridized carbons (Fsp3) is 0.375. The SMILES string of the molecule is N=C(N)c1cnc2ccccc2c1N1CC2CCC(C1)O2. The first-order valence-corrected chi connectivity index (χ1v) is 7.35. The van der Waals surface area contributed by atoms with Gasteiger partial charge in [0, 0.05) is 24.7 Å². The van der Waals surface area contributed by atoms with Crippen LogP contribution in [0.5, 0.6) is 0 Å². The second kappa shape index (κ2) is 4.70. The zero-order valence-electron chi connectivity index (χ0n) is 11.7. The van der Waals surface area contributed by atoms with Crippen LogP contribution in [-0.4, -0.2) is 36.1 Å². The number of para-hydroxylation sites is 1. The van der Waals surface area contributed by atoms with Gasteiger partial charge in [-0.3, -0.25) is 10.4 Å². The van der Waals surface area contributed by atoms with E-state index in [1.165, 1.54) is 0 Å². The Morgan fingerprint density at radius 2 is 1.95 bits per heavy atom. The summed E-state index contributed by atoms with van der Waals surface area (Å²) >= 11 is 0. The van der Waals surface area contributed by atoms with Gasteiger partial charge in [-0.15, -0.1) is 0 Å². The smallest absolute Gasteiger partial charge is 0.126 e. The van der Waals surface area contributed by atoms with Gasteiger partial charge in [0.15, 0.2) is 0 Å². The Morgan fingerprint density at radius 1 is 1.24 bits per heavy atom. The van der Waals surface area contributed by atoms with Gasteiger partial charge in [-0.25, -0.2) is 0 Å². The van der Waals surface area contributed by atoms with Gasteiger partial charge in [-0.1, -0.05) is 18.2 Å². The molecule has 2 fully saturated rings. The van der Waals surface area contributed by atoms with Crippen LogP contribution in [0.3, 0.4) is 0 Å². The van der Waals surface area contributed by atoms with Crippen LogP contribution in [0.25, 0.3) is 10.9 Å². The van der Waals surface area contributed by atoms with E-state index >= 15 is 0 Å². The molecule has 3 heterocycles. The minimum Gasteiger partial charge on any atom is -0.384 e. The maximum Gasteiger partial charge on any atom is 0.126 e. The summed E-state index contributed by atoms with van der Waals surface area (Å²) in [6.45, 7) is 1.73. The summed E-state index contributed by atoms with van der Waals surface area (Å²) < 4.78 is 5.92. The number of aromatic nitrogens is 1. The Balaban J connectivity index is 1.88. The molecule has 2 bridgehead atoms. The number of benzene rings is 1. The predicted molar refractivity (Wildman–Crippen MR) is 82.9 cm³/mol. The highest BCUT2D eigenvalue weighted by Gasteiger charge is 2.35. The van der Waals surface area contributed by atoms with Crippen molar-refractivity contribution in [3.63, 3.8) is 0 Å². The van der Waals surface area contributed by atoms with E-state index in [1.54, 1.807) is 6.20 Å². The molecule has 2 aliphatic rings. The average Bonchev–Trinajstić information content (AvgIpc) is 2.84. The van der Waals surface area contributed by atoms with Crippen molar-refractivity contribution in [2.45, 2.75) is 25.0 Å². The number of amidine groups is 1. The normalized spacial score (nSPS) is 24.5. The lowest BCUT2D eigenvalue weighted by Crippen LogP contribution is -2.43. The molecule has 0 saturated carbocycles. The number of hydrogen-bond acceptors (Lipinski definition) is 4. The number of nitrogen functional groups attached to an aromatic ring is 1. The molecule has 2 unspecified atom stereocenters. The van der Waals surface area contributed by atoms with Crippen LogP contribution >= 0.6 is 0 Å². The van der Waals surface area contributed by atoms with E-state index in [0.29, 0.717) is 12.2 Å². The molecule has 2 saturated heterocycles. The van der Waals surface area contributed by atoms with Crippen molar-refractivity contribution in [2.24, 2.45) is 5.73 Å². The molecule has 0 spiro atoms. The molecule has 1 aromatic carbocycles. The van der Waals surface area contributed by atoms with Crippen LogP contribution < -0.4 is 10.6 Å². The quantitative estimate of drug-likeness (QED) is 0.651. The van der Waals surface area contributed by atoms with E-state index in [0.717, 1.165) is 48.1 Å². The maximum atomic E-state index is 7.87. The monoisotopic (exact) mass is 282 g/mol. The summed E-state index contributed by atoms with van der Waals surface area (Å²) in [5.74, 6) is 0.0714. The first kappa shape index (κ1) is 12.6. The number of nitrogens with two attached hydrogens (primary N) is 1. The Kier molecular flexibility index (Phi) is 2.82.